The molecule has 1 heterocycles. The summed E-state index contributed by atoms with van der Waals surface area (Å²) >= 11 is 0. The van der Waals surface area contributed by atoms with Gasteiger partial charge in [0.05, 0.1) is 11.6 Å². The van der Waals surface area contributed by atoms with Gasteiger partial charge in [-0.15, -0.1) is 0 Å². The van der Waals surface area contributed by atoms with Crippen LogP contribution < -0.4 is 11.1 Å². The minimum atomic E-state index is -0.377. The van der Waals surface area contributed by atoms with E-state index in [-0.39, 0.29) is 11.8 Å². The normalized spacial score (nSPS) is 12.4. The van der Waals surface area contributed by atoms with Crippen molar-refractivity contribution in [3.63, 3.8) is 0 Å². The number of hydrogen-bond donors (Lipinski definition) is 2. The summed E-state index contributed by atoms with van der Waals surface area (Å²) in [6, 6.07) is 7.95. The molecule has 0 aliphatic heterocycles. The summed E-state index contributed by atoms with van der Waals surface area (Å²) in [5.74, 6) is -0.735. The molecule has 0 aliphatic rings. The summed E-state index contributed by atoms with van der Waals surface area (Å²) in [7, 11) is 1.88. The van der Waals surface area contributed by atoms with Gasteiger partial charge >= 0.3 is 0 Å². The molecule has 94 valence electrons. The fraction of sp³-hybridized carbons (Fsp3) is 0.286. The summed E-state index contributed by atoms with van der Waals surface area (Å²) in [5.41, 5.74) is 7.99. The quantitative estimate of drug-likeness (QED) is 0.868. The van der Waals surface area contributed by atoms with Crippen molar-refractivity contribution < 1.29 is 4.79 Å². The van der Waals surface area contributed by atoms with Gasteiger partial charge in [-0.3, -0.25) is 9.78 Å². The van der Waals surface area contributed by atoms with E-state index in [1.54, 1.807) is 6.92 Å². The molecule has 1 aromatic heterocycles. The molecule has 0 saturated heterocycles. The number of carbonyl (C=O) groups excluding carboxylic acids is 1. The van der Waals surface area contributed by atoms with E-state index in [0.29, 0.717) is 0 Å². The van der Waals surface area contributed by atoms with Crippen molar-refractivity contribution in [2.75, 3.05) is 12.4 Å². The fourth-order valence-electron chi connectivity index (χ4n) is 2.06. The molecular weight excluding hydrogens is 226 g/mol. The van der Waals surface area contributed by atoms with E-state index in [0.717, 1.165) is 27.8 Å². The lowest BCUT2D eigenvalue weighted by atomic mass is 10.0. The molecule has 3 N–H and O–H groups in total. The molecule has 1 atom stereocenters. The molecule has 0 saturated carbocycles. The van der Waals surface area contributed by atoms with Gasteiger partial charge in [0.2, 0.25) is 5.91 Å². The number of aryl methyl sites for hydroxylation is 1. The van der Waals surface area contributed by atoms with Gasteiger partial charge in [-0.1, -0.05) is 12.1 Å². The Labute approximate surface area is 106 Å². The number of benzene rings is 1. The van der Waals surface area contributed by atoms with E-state index < -0.39 is 0 Å². The predicted molar refractivity (Wildman–Crippen MR) is 73.6 cm³/mol. The van der Waals surface area contributed by atoms with Crippen molar-refractivity contribution in [2.24, 2.45) is 5.73 Å². The molecule has 1 amide bonds. The topological polar surface area (TPSA) is 68.0 Å². The highest BCUT2D eigenvalue weighted by atomic mass is 16.1. The van der Waals surface area contributed by atoms with Crippen LogP contribution in [0.1, 0.15) is 24.2 Å². The minimum Gasteiger partial charge on any atom is -0.388 e. The number of hydrogen-bond acceptors (Lipinski definition) is 3. The molecule has 0 aliphatic carbocycles. The summed E-state index contributed by atoms with van der Waals surface area (Å²) in [4.78, 5) is 15.7. The number of nitrogens with two attached hydrogens (primary N) is 1. The third-order valence-electron chi connectivity index (χ3n) is 3.22. The van der Waals surface area contributed by atoms with Crippen LogP contribution in [0.15, 0.2) is 24.3 Å². The lowest BCUT2D eigenvalue weighted by Gasteiger charge is -2.12. The first-order chi connectivity index (χ1) is 8.54. The summed E-state index contributed by atoms with van der Waals surface area (Å²) in [6.45, 7) is 3.72. The van der Waals surface area contributed by atoms with Crippen molar-refractivity contribution in [3.8, 4) is 0 Å². The summed E-state index contributed by atoms with van der Waals surface area (Å²) < 4.78 is 0. The molecule has 1 aromatic carbocycles. The molecule has 18 heavy (non-hydrogen) atoms. The highest BCUT2D eigenvalue weighted by molar-refractivity contribution is 5.96. The van der Waals surface area contributed by atoms with Crippen molar-refractivity contribution in [1.29, 1.82) is 0 Å². The summed E-state index contributed by atoms with van der Waals surface area (Å²) in [6.07, 6.45) is 0. The van der Waals surface area contributed by atoms with Crippen molar-refractivity contribution in [2.45, 2.75) is 19.8 Å². The number of nitrogens with zero attached hydrogens (tertiary/aromatic N) is 1. The lowest BCUT2D eigenvalue weighted by Crippen LogP contribution is -2.19. The van der Waals surface area contributed by atoms with Crippen LogP contribution in [-0.4, -0.2) is 17.9 Å². The Hall–Kier alpha value is -2.10. The third kappa shape index (κ3) is 2.01. The number of aromatic nitrogens is 1. The number of anilines is 1. The van der Waals surface area contributed by atoms with E-state index in [1.165, 1.54) is 0 Å². The average molecular weight is 243 g/mol. The van der Waals surface area contributed by atoms with Crippen LogP contribution in [0.3, 0.4) is 0 Å². The molecule has 4 nitrogen and oxygen atoms in total. The number of primary amides is 1. The first-order valence-corrected chi connectivity index (χ1v) is 5.92. The highest BCUT2D eigenvalue weighted by Crippen LogP contribution is 2.27. The van der Waals surface area contributed by atoms with Gasteiger partial charge < -0.3 is 11.1 Å². The standard InChI is InChI=1S/C14H17N3O/c1-8(14(15)18)13-7-11-10(9(2)17-13)5-4-6-12(11)16-3/h4-8,16H,1-3H3,(H2,15,18). The molecule has 0 radical (unpaired) electrons. The van der Waals surface area contributed by atoms with Gasteiger partial charge in [0.15, 0.2) is 0 Å². The van der Waals surface area contributed by atoms with Gasteiger partial charge in [0.1, 0.15) is 0 Å². The Morgan fingerprint density at radius 1 is 1.39 bits per heavy atom. The van der Waals surface area contributed by atoms with E-state index in [4.69, 9.17) is 5.73 Å². The molecule has 0 spiro atoms. The maximum Gasteiger partial charge on any atom is 0.226 e. The highest BCUT2D eigenvalue weighted by Gasteiger charge is 2.15. The lowest BCUT2D eigenvalue weighted by molar-refractivity contribution is -0.119. The maximum atomic E-state index is 11.3. The second kappa shape index (κ2) is 4.64. The molecule has 2 rings (SSSR count). The van der Waals surface area contributed by atoms with Crippen molar-refractivity contribution in [1.82, 2.24) is 4.98 Å². The van der Waals surface area contributed by atoms with Crippen LogP contribution in [0, 0.1) is 6.92 Å². The number of fused-ring (bicyclic) bond motifs is 1. The number of pyridine rings is 1. The number of nitrogens with one attached hydrogen (secondary N) is 1. The maximum absolute atomic E-state index is 11.3. The second-order valence-electron chi connectivity index (χ2n) is 4.41. The van der Waals surface area contributed by atoms with Gasteiger partial charge in [0, 0.05) is 29.2 Å². The number of carbonyl (C=O) groups is 1. The van der Waals surface area contributed by atoms with E-state index in [2.05, 4.69) is 10.3 Å². The van der Waals surface area contributed by atoms with Crippen LogP contribution in [-0.2, 0) is 4.79 Å². The molecule has 4 heteroatoms. The Kier molecular flexibility index (Phi) is 3.19. The van der Waals surface area contributed by atoms with Gasteiger partial charge in [-0.25, -0.2) is 0 Å². The van der Waals surface area contributed by atoms with Crippen LogP contribution in [0.2, 0.25) is 0 Å². The van der Waals surface area contributed by atoms with Crippen LogP contribution in [0.25, 0.3) is 10.8 Å². The van der Waals surface area contributed by atoms with Gasteiger partial charge in [0.25, 0.3) is 0 Å². The zero-order valence-corrected chi connectivity index (χ0v) is 10.8. The SMILES string of the molecule is CNc1cccc2c(C)nc(C(C)C(N)=O)cc12. The third-order valence-corrected chi connectivity index (χ3v) is 3.22. The first-order valence-electron chi connectivity index (χ1n) is 5.92. The molecule has 2 aromatic rings. The van der Waals surface area contributed by atoms with Crippen LogP contribution in [0.5, 0.6) is 0 Å². The molecule has 1 unspecified atom stereocenters. The number of rotatable bonds is 3. The molecule has 0 fully saturated rings. The average Bonchev–Trinajstić information content (AvgIpc) is 2.37. The van der Waals surface area contributed by atoms with Gasteiger partial charge in [-0.05, 0) is 26.0 Å². The predicted octanol–water partition coefficient (Wildman–Crippen LogP) is 2.17. The smallest absolute Gasteiger partial charge is 0.226 e. The monoisotopic (exact) mass is 243 g/mol. The Morgan fingerprint density at radius 3 is 2.72 bits per heavy atom. The van der Waals surface area contributed by atoms with Crippen LogP contribution in [0.4, 0.5) is 5.69 Å². The second-order valence-corrected chi connectivity index (χ2v) is 4.41. The van der Waals surface area contributed by atoms with Crippen molar-refractivity contribution in [3.05, 3.63) is 35.7 Å². The van der Waals surface area contributed by atoms with E-state index >= 15 is 0 Å². The van der Waals surface area contributed by atoms with Gasteiger partial charge in [-0.2, -0.15) is 0 Å². The zero-order valence-electron chi connectivity index (χ0n) is 10.8. The van der Waals surface area contributed by atoms with Crippen molar-refractivity contribution >= 4 is 22.4 Å². The molecular formula is C14H17N3O. The minimum absolute atomic E-state index is 0.358. The van der Waals surface area contributed by atoms with E-state index in [9.17, 15) is 4.79 Å². The fourth-order valence-corrected chi connectivity index (χ4v) is 2.06. The van der Waals surface area contributed by atoms with E-state index in [1.807, 2.05) is 38.2 Å². The largest absolute Gasteiger partial charge is 0.388 e. The van der Waals surface area contributed by atoms with Crippen LogP contribution >= 0.6 is 0 Å². The Bertz CT molecular complexity index is 607. The Morgan fingerprint density at radius 2 is 2.11 bits per heavy atom. The number of amides is 1. The Balaban J connectivity index is 2.70. The summed E-state index contributed by atoms with van der Waals surface area (Å²) in [5, 5.41) is 5.30. The zero-order chi connectivity index (χ0) is 13.3. The molecule has 0 bridgehead atoms. The first kappa shape index (κ1) is 12.4.